The van der Waals surface area contributed by atoms with Gasteiger partial charge in [-0.25, -0.2) is 9.78 Å². The first-order valence-electron chi connectivity index (χ1n) is 6.93. The van der Waals surface area contributed by atoms with Crippen LogP contribution in [0.5, 0.6) is 0 Å². The molecule has 18 heavy (non-hydrogen) atoms. The van der Waals surface area contributed by atoms with Crippen LogP contribution >= 0.6 is 0 Å². The largest absolute Gasteiger partial charge is 0.460 e. The molecular formula is C14H19NO3. The summed E-state index contributed by atoms with van der Waals surface area (Å²) in [6, 6.07) is 0. The van der Waals surface area contributed by atoms with Crippen LogP contribution in [0.15, 0.2) is 4.42 Å². The van der Waals surface area contributed by atoms with Gasteiger partial charge in [0.05, 0.1) is 12.3 Å². The lowest BCUT2D eigenvalue weighted by Crippen LogP contribution is -2.05. The van der Waals surface area contributed by atoms with E-state index in [1.54, 1.807) is 6.92 Å². The van der Waals surface area contributed by atoms with E-state index in [9.17, 15) is 4.79 Å². The highest BCUT2D eigenvalue weighted by atomic mass is 16.5. The number of nitrogens with zero attached hydrogens (tertiary/aromatic N) is 1. The Labute approximate surface area is 107 Å². The van der Waals surface area contributed by atoms with Crippen LogP contribution in [0.25, 0.3) is 0 Å². The van der Waals surface area contributed by atoms with Crippen LogP contribution in [0.2, 0.25) is 0 Å². The van der Waals surface area contributed by atoms with E-state index in [0.29, 0.717) is 24.7 Å². The molecule has 4 nitrogen and oxygen atoms in total. The molecule has 0 aromatic carbocycles. The van der Waals surface area contributed by atoms with E-state index in [2.05, 4.69) is 4.98 Å². The predicted octanol–water partition coefficient (Wildman–Crippen LogP) is 2.93. The maximum Gasteiger partial charge on any atom is 0.376 e. The van der Waals surface area contributed by atoms with Gasteiger partial charge in [0, 0.05) is 5.92 Å². The Morgan fingerprint density at radius 1 is 1.39 bits per heavy atom. The molecule has 0 bridgehead atoms. The fraction of sp³-hybridized carbons (Fsp3) is 0.714. The molecule has 2 unspecified atom stereocenters. The molecule has 2 atom stereocenters. The molecule has 2 saturated carbocycles. The fourth-order valence-electron chi connectivity index (χ4n) is 3.30. The average Bonchev–Trinajstić information content (AvgIpc) is 2.80. The number of hydrogen-bond donors (Lipinski definition) is 0. The van der Waals surface area contributed by atoms with Gasteiger partial charge in [-0.05, 0) is 38.0 Å². The molecule has 0 amide bonds. The lowest BCUT2D eigenvalue weighted by Gasteiger charge is -1.99. The van der Waals surface area contributed by atoms with Crippen LogP contribution in [0.4, 0.5) is 0 Å². The van der Waals surface area contributed by atoms with Crippen molar-refractivity contribution < 1.29 is 13.9 Å². The minimum atomic E-state index is -0.376. The molecule has 1 heterocycles. The van der Waals surface area contributed by atoms with E-state index < -0.39 is 0 Å². The monoisotopic (exact) mass is 249 g/mol. The van der Waals surface area contributed by atoms with Gasteiger partial charge in [0.25, 0.3) is 0 Å². The summed E-state index contributed by atoms with van der Waals surface area (Å²) < 4.78 is 10.7. The normalized spacial score (nSPS) is 29.1. The summed E-state index contributed by atoms with van der Waals surface area (Å²) in [5, 5.41) is 0. The number of ether oxygens (including phenoxy) is 1. The van der Waals surface area contributed by atoms with Crippen LogP contribution in [0.3, 0.4) is 0 Å². The first kappa shape index (κ1) is 11.8. The molecule has 0 spiro atoms. The molecule has 0 N–H and O–H groups in total. The van der Waals surface area contributed by atoms with Gasteiger partial charge in [-0.3, -0.25) is 0 Å². The smallest absolute Gasteiger partial charge is 0.376 e. The Morgan fingerprint density at radius 3 is 2.72 bits per heavy atom. The fourth-order valence-corrected chi connectivity index (χ4v) is 3.30. The number of carbonyl (C=O) groups is 1. The Hall–Kier alpha value is -1.32. The average molecular weight is 249 g/mol. The van der Waals surface area contributed by atoms with Gasteiger partial charge < -0.3 is 9.15 Å². The zero-order chi connectivity index (χ0) is 12.7. The van der Waals surface area contributed by atoms with Gasteiger partial charge in [-0.2, -0.15) is 0 Å². The van der Waals surface area contributed by atoms with Crippen molar-refractivity contribution in [1.82, 2.24) is 4.98 Å². The predicted molar refractivity (Wildman–Crippen MR) is 65.4 cm³/mol. The number of carbonyl (C=O) groups excluding carboxylic acids is 1. The van der Waals surface area contributed by atoms with E-state index in [-0.39, 0.29) is 5.97 Å². The molecule has 98 valence electrons. The summed E-state index contributed by atoms with van der Waals surface area (Å²) >= 11 is 0. The maximum absolute atomic E-state index is 11.8. The van der Waals surface area contributed by atoms with E-state index in [4.69, 9.17) is 9.15 Å². The summed E-state index contributed by atoms with van der Waals surface area (Å²) in [4.78, 5) is 16.3. The molecule has 3 rings (SSSR count). The molecule has 2 aliphatic carbocycles. The summed E-state index contributed by atoms with van der Waals surface area (Å²) in [5.74, 6) is 2.68. The Kier molecular flexibility index (Phi) is 2.88. The number of rotatable bonds is 4. The lowest BCUT2D eigenvalue weighted by molar-refractivity contribution is 0.0486. The highest BCUT2D eigenvalue weighted by Gasteiger charge is 2.56. The van der Waals surface area contributed by atoms with Gasteiger partial charge >= 0.3 is 5.97 Å². The van der Waals surface area contributed by atoms with E-state index in [1.807, 2.05) is 6.92 Å². The van der Waals surface area contributed by atoms with Crippen molar-refractivity contribution in [3.8, 4) is 0 Å². The highest BCUT2D eigenvalue weighted by Crippen LogP contribution is 2.62. The second kappa shape index (κ2) is 4.41. The zero-order valence-corrected chi connectivity index (χ0v) is 10.9. The van der Waals surface area contributed by atoms with E-state index >= 15 is 0 Å². The third-order valence-electron chi connectivity index (χ3n) is 4.20. The molecule has 4 heteroatoms. The zero-order valence-electron chi connectivity index (χ0n) is 10.9. The number of aryl methyl sites for hydroxylation is 1. The number of hydrogen-bond acceptors (Lipinski definition) is 4. The SMILES string of the molecule is CCOC(=O)c1oc(C2C3CCCC32)nc1CC. The minimum absolute atomic E-state index is 0.319. The second-order valence-corrected chi connectivity index (χ2v) is 5.19. The van der Waals surface area contributed by atoms with Crippen LogP contribution in [0, 0.1) is 11.8 Å². The summed E-state index contributed by atoms with van der Waals surface area (Å²) in [5.41, 5.74) is 0.744. The number of esters is 1. The van der Waals surface area contributed by atoms with Crippen molar-refractivity contribution in [3.05, 3.63) is 17.3 Å². The lowest BCUT2D eigenvalue weighted by atomic mass is 10.1. The number of oxazole rings is 1. The summed E-state index contributed by atoms with van der Waals surface area (Å²) in [6.07, 6.45) is 4.61. The quantitative estimate of drug-likeness (QED) is 0.770. The molecule has 0 radical (unpaired) electrons. The highest BCUT2D eigenvalue weighted by molar-refractivity contribution is 5.87. The number of fused-ring (bicyclic) bond motifs is 1. The third-order valence-corrected chi connectivity index (χ3v) is 4.20. The second-order valence-electron chi connectivity index (χ2n) is 5.19. The molecular weight excluding hydrogens is 230 g/mol. The van der Waals surface area contributed by atoms with Gasteiger partial charge in [-0.1, -0.05) is 13.3 Å². The van der Waals surface area contributed by atoms with E-state index in [1.165, 1.54) is 19.3 Å². The Bertz CT molecular complexity index is 456. The van der Waals surface area contributed by atoms with Crippen LogP contribution in [-0.4, -0.2) is 17.6 Å². The summed E-state index contributed by atoms with van der Waals surface area (Å²) in [6.45, 7) is 4.15. The third kappa shape index (κ3) is 1.74. The first-order chi connectivity index (χ1) is 8.76. The van der Waals surface area contributed by atoms with Crippen molar-refractivity contribution in [2.45, 2.75) is 45.4 Å². The van der Waals surface area contributed by atoms with Crippen molar-refractivity contribution in [3.63, 3.8) is 0 Å². The molecule has 0 aliphatic heterocycles. The standard InChI is InChI=1S/C14H19NO3/c1-3-10-12(14(16)17-4-2)18-13(15-10)11-8-6-5-7-9(8)11/h8-9,11H,3-7H2,1-2H3. The van der Waals surface area contributed by atoms with E-state index in [0.717, 1.165) is 23.4 Å². The van der Waals surface area contributed by atoms with Crippen LogP contribution < -0.4 is 0 Å². The topological polar surface area (TPSA) is 52.3 Å². The van der Waals surface area contributed by atoms with Crippen molar-refractivity contribution >= 4 is 5.97 Å². The van der Waals surface area contributed by atoms with Gasteiger partial charge in [0.1, 0.15) is 0 Å². The van der Waals surface area contributed by atoms with Crippen molar-refractivity contribution in [2.24, 2.45) is 11.8 Å². The Balaban J connectivity index is 1.82. The van der Waals surface area contributed by atoms with Crippen LogP contribution in [0.1, 0.15) is 61.2 Å². The van der Waals surface area contributed by atoms with Crippen LogP contribution in [-0.2, 0) is 11.2 Å². The van der Waals surface area contributed by atoms with Crippen molar-refractivity contribution in [2.75, 3.05) is 6.61 Å². The summed E-state index contributed by atoms with van der Waals surface area (Å²) in [7, 11) is 0. The van der Waals surface area contributed by atoms with Crippen molar-refractivity contribution in [1.29, 1.82) is 0 Å². The molecule has 2 fully saturated rings. The molecule has 1 aromatic heterocycles. The number of aromatic nitrogens is 1. The van der Waals surface area contributed by atoms with Gasteiger partial charge in [0.15, 0.2) is 5.89 Å². The molecule has 1 aromatic rings. The molecule has 2 aliphatic rings. The Morgan fingerprint density at radius 2 is 2.11 bits per heavy atom. The maximum atomic E-state index is 11.8. The molecule has 0 saturated heterocycles. The van der Waals surface area contributed by atoms with Gasteiger partial charge in [0.2, 0.25) is 5.76 Å². The van der Waals surface area contributed by atoms with Gasteiger partial charge in [-0.15, -0.1) is 0 Å². The minimum Gasteiger partial charge on any atom is -0.460 e. The first-order valence-corrected chi connectivity index (χ1v) is 6.93.